The molecule has 1 saturated heterocycles. The van der Waals surface area contributed by atoms with Gasteiger partial charge in [0.1, 0.15) is 6.61 Å². The Kier molecular flexibility index (Phi) is 5.43. The fraction of sp³-hybridized carbons (Fsp3) is 0.467. The van der Waals surface area contributed by atoms with Gasteiger partial charge >= 0.3 is 6.09 Å². The largest absolute Gasteiger partial charge is 0.465 e. The number of halogens is 1. The van der Waals surface area contributed by atoms with Gasteiger partial charge < -0.3 is 14.7 Å². The van der Waals surface area contributed by atoms with Gasteiger partial charge in [0.25, 0.3) is 0 Å². The monoisotopic (exact) mass is 308 g/mol. The maximum absolute atomic E-state index is 11.1. The van der Waals surface area contributed by atoms with E-state index in [0.29, 0.717) is 18.1 Å². The van der Waals surface area contributed by atoms with Crippen LogP contribution in [0.25, 0.3) is 0 Å². The average Bonchev–Trinajstić information content (AvgIpc) is 2.48. The van der Waals surface area contributed by atoms with Gasteiger partial charge in [-0.25, -0.2) is 4.79 Å². The fourth-order valence-electron chi connectivity index (χ4n) is 2.75. The number of nitriles is 1. The van der Waals surface area contributed by atoms with E-state index in [4.69, 9.17) is 26.7 Å². The summed E-state index contributed by atoms with van der Waals surface area (Å²) in [6, 6.07) is 9.28. The van der Waals surface area contributed by atoms with Crippen molar-refractivity contribution in [3.05, 3.63) is 34.9 Å². The second-order valence-corrected chi connectivity index (χ2v) is 5.51. The predicted molar refractivity (Wildman–Crippen MR) is 78.1 cm³/mol. The highest BCUT2D eigenvalue weighted by Crippen LogP contribution is 2.33. The van der Waals surface area contributed by atoms with Crippen LogP contribution in [-0.4, -0.2) is 35.8 Å². The zero-order valence-corrected chi connectivity index (χ0v) is 12.3. The van der Waals surface area contributed by atoms with Crippen molar-refractivity contribution >= 4 is 17.7 Å². The number of likely N-dealkylation sites (tertiary alicyclic amines) is 1. The molecular weight excluding hydrogens is 292 g/mol. The molecule has 1 N–H and O–H groups in total. The van der Waals surface area contributed by atoms with Crippen LogP contribution in [0.1, 0.15) is 24.5 Å². The third kappa shape index (κ3) is 4.10. The normalized spacial score (nSPS) is 19.8. The number of amides is 1. The lowest BCUT2D eigenvalue weighted by Crippen LogP contribution is -2.41. The van der Waals surface area contributed by atoms with Crippen molar-refractivity contribution in [2.75, 3.05) is 19.7 Å². The summed E-state index contributed by atoms with van der Waals surface area (Å²) >= 11 is 6.02. The Morgan fingerprint density at radius 3 is 3.10 bits per heavy atom. The molecule has 1 aromatic carbocycles. The van der Waals surface area contributed by atoms with Crippen molar-refractivity contribution in [2.45, 2.75) is 18.9 Å². The summed E-state index contributed by atoms with van der Waals surface area (Å²) in [4.78, 5) is 12.5. The van der Waals surface area contributed by atoms with E-state index in [9.17, 15) is 4.79 Å². The minimum atomic E-state index is -0.912. The second-order valence-electron chi connectivity index (χ2n) is 5.08. The number of hydrogen-bond donors (Lipinski definition) is 1. The molecule has 0 spiro atoms. The lowest BCUT2D eigenvalue weighted by Gasteiger charge is -2.35. The molecule has 1 heterocycles. The molecule has 21 heavy (non-hydrogen) atoms. The molecule has 1 fully saturated rings. The summed E-state index contributed by atoms with van der Waals surface area (Å²) in [5.74, 6) is 0.0293. The summed E-state index contributed by atoms with van der Waals surface area (Å²) in [5.41, 5.74) is 0.884. The standard InChI is InChI=1S/C15H17ClN2O3/c16-13-5-1-3-11(9-13)14(21-8-6-17)12-4-2-7-18(10-12)15(19)20/h1,3,5,9,12,14H,2,4,7-8,10H2,(H,19,20)/t12?,14-/m0/s1. The number of rotatable bonds is 4. The Morgan fingerprint density at radius 1 is 1.62 bits per heavy atom. The molecule has 112 valence electrons. The van der Waals surface area contributed by atoms with Crippen LogP contribution in [0.5, 0.6) is 0 Å². The summed E-state index contributed by atoms with van der Waals surface area (Å²) in [7, 11) is 0. The molecule has 0 bridgehead atoms. The molecule has 1 aliphatic heterocycles. The van der Waals surface area contributed by atoms with E-state index in [1.54, 1.807) is 6.07 Å². The van der Waals surface area contributed by atoms with Gasteiger partial charge in [0.05, 0.1) is 12.2 Å². The summed E-state index contributed by atoms with van der Waals surface area (Å²) in [6.45, 7) is 0.936. The smallest absolute Gasteiger partial charge is 0.407 e. The van der Waals surface area contributed by atoms with E-state index in [1.165, 1.54) is 4.90 Å². The van der Waals surface area contributed by atoms with Crippen molar-refractivity contribution in [2.24, 2.45) is 5.92 Å². The van der Waals surface area contributed by atoms with Gasteiger partial charge in [0.2, 0.25) is 0 Å². The third-order valence-corrected chi connectivity index (χ3v) is 3.90. The zero-order chi connectivity index (χ0) is 15.2. The van der Waals surface area contributed by atoms with Crippen LogP contribution < -0.4 is 0 Å². The molecule has 1 amide bonds. The molecule has 0 aromatic heterocycles. The van der Waals surface area contributed by atoms with Crippen molar-refractivity contribution in [3.8, 4) is 6.07 Å². The van der Waals surface area contributed by atoms with E-state index < -0.39 is 6.09 Å². The van der Waals surface area contributed by atoms with Gasteiger partial charge in [0, 0.05) is 24.0 Å². The van der Waals surface area contributed by atoms with Gasteiger partial charge in [-0.3, -0.25) is 0 Å². The predicted octanol–water partition coefficient (Wildman–Crippen LogP) is 3.31. The van der Waals surface area contributed by atoms with Crippen LogP contribution in [0.2, 0.25) is 5.02 Å². The molecule has 1 unspecified atom stereocenters. The first-order valence-electron chi connectivity index (χ1n) is 6.83. The lowest BCUT2D eigenvalue weighted by molar-refractivity contribution is 0.00142. The number of piperidine rings is 1. The van der Waals surface area contributed by atoms with E-state index in [2.05, 4.69) is 0 Å². The van der Waals surface area contributed by atoms with Crippen molar-refractivity contribution in [3.63, 3.8) is 0 Å². The van der Waals surface area contributed by atoms with Gasteiger partial charge in [-0.2, -0.15) is 5.26 Å². The number of nitrogens with zero attached hydrogens (tertiary/aromatic N) is 2. The molecular formula is C15H17ClN2O3. The maximum atomic E-state index is 11.1. The number of ether oxygens (including phenoxy) is 1. The number of benzene rings is 1. The van der Waals surface area contributed by atoms with Crippen LogP contribution in [0.4, 0.5) is 4.79 Å². The van der Waals surface area contributed by atoms with E-state index in [-0.39, 0.29) is 18.6 Å². The Hall–Kier alpha value is -1.77. The lowest BCUT2D eigenvalue weighted by atomic mass is 9.88. The zero-order valence-electron chi connectivity index (χ0n) is 11.5. The van der Waals surface area contributed by atoms with Crippen molar-refractivity contribution < 1.29 is 14.6 Å². The first-order chi connectivity index (χ1) is 10.1. The quantitative estimate of drug-likeness (QED) is 0.926. The summed E-state index contributed by atoms with van der Waals surface area (Å²) in [6.07, 6.45) is 0.436. The summed E-state index contributed by atoms with van der Waals surface area (Å²) in [5, 5.41) is 18.5. The highest BCUT2D eigenvalue weighted by Gasteiger charge is 2.31. The minimum Gasteiger partial charge on any atom is -0.465 e. The molecule has 1 aromatic rings. The molecule has 1 aliphatic rings. The Labute approximate surface area is 128 Å². The van der Waals surface area contributed by atoms with Crippen LogP contribution in [0, 0.1) is 17.2 Å². The molecule has 0 saturated carbocycles. The van der Waals surface area contributed by atoms with Gasteiger partial charge in [-0.15, -0.1) is 0 Å². The molecule has 5 nitrogen and oxygen atoms in total. The minimum absolute atomic E-state index is 0.0270. The maximum Gasteiger partial charge on any atom is 0.407 e. The third-order valence-electron chi connectivity index (χ3n) is 3.66. The first-order valence-corrected chi connectivity index (χ1v) is 7.21. The highest BCUT2D eigenvalue weighted by molar-refractivity contribution is 6.30. The van der Waals surface area contributed by atoms with Crippen LogP contribution >= 0.6 is 11.6 Å². The van der Waals surface area contributed by atoms with E-state index in [0.717, 1.165) is 18.4 Å². The van der Waals surface area contributed by atoms with Crippen LogP contribution in [-0.2, 0) is 4.74 Å². The highest BCUT2D eigenvalue weighted by atomic mass is 35.5. The number of carboxylic acid groups (broad SMARTS) is 1. The van der Waals surface area contributed by atoms with Crippen molar-refractivity contribution in [1.82, 2.24) is 4.90 Å². The average molecular weight is 309 g/mol. The van der Waals surface area contributed by atoms with Crippen LogP contribution in [0.3, 0.4) is 0 Å². The van der Waals surface area contributed by atoms with Crippen LogP contribution in [0.15, 0.2) is 24.3 Å². The molecule has 6 heteroatoms. The Balaban J connectivity index is 2.19. The summed E-state index contributed by atoms with van der Waals surface area (Å²) < 4.78 is 5.66. The fourth-order valence-corrected chi connectivity index (χ4v) is 2.94. The SMILES string of the molecule is N#CCO[C@@H](c1cccc(Cl)c1)C1CCCN(C(=O)O)C1. The Bertz CT molecular complexity index is 544. The molecule has 0 radical (unpaired) electrons. The molecule has 0 aliphatic carbocycles. The topological polar surface area (TPSA) is 73.6 Å². The van der Waals surface area contributed by atoms with Gasteiger partial charge in [-0.1, -0.05) is 23.7 Å². The second kappa shape index (κ2) is 7.30. The molecule has 2 atom stereocenters. The van der Waals surface area contributed by atoms with E-state index >= 15 is 0 Å². The molecule has 2 rings (SSSR count). The number of carbonyl (C=O) groups is 1. The van der Waals surface area contributed by atoms with Gasteiger partial charge in [-0.05, 0) is 30.5 Å². The van der Waals surface area contributed by atoms with Gasteiger partial charge in [0.15, 0.2) is 0 Å². The van der Waals surface area contributed by atoms with Crippen molar-refractivity contribution in [1.29, 1.82) is 5.26 Å². The van der Waals surface area contributed by atoms with E-state index in [1.807, 2.05) is 24.3 Å². The number of hydrogen-bond acceptors (Lipinski definition) is 3. The Morgan fingerprint density at radius 2 is 2.43 bits per heavy atom. The first kappa shape index (κ1) is 15.6.